The zero-order valence-corrected chi connectivity index (χ0v) is 19.3. The molecule has 1 fully saturated rings. The van der Waals surface area contributed by atoms with Crippen LogP contribution in [-0.2, 0) is 0 Å². The second kappa shape index (κ2) is 17.6. The second-order valence-corrected chi connectivity index (χ2v) is 7.69. The molecule has 33 heavy (non-hydrogen) atoms. The van der Waals surface area contributed by atoms with E-state index in [2.05, 4.69) is 34.5 Å². The molecule has 3 N–H and O–H groups in total. The highest BCUT2D eigenvalue weighted by Crippen LogP contribution is 2.08. The maximum atomic E-state index is 12.7. The predicted molar refractivity (Wildman–Crippen MR) is 122 cm³/mol. The van der Waals surface area contributed by atoms with E-state index in [0.29, 0.717) is 72.0 Å². The van der Waals surface area contributed by atoms with Crippen molar-refractivity contribution in [1.82, 2.24) is 29.8 Å². The number of carbonyl (C=O) groups is 1. The van der Waals surface area contributed by atoms with Gasteiger partial charge in [0.05, 0.1) is 50.5 Å². The summed E-state index contributed by atoms with van der Waals surface area (Å²) in [7, 11) is 0. The second-order valence-electron chi connectivity index (χ2n) is 7.69. The normalized spacial score (nSPS) is 13.4. The fourth-order valence-corrected chi connectivity index (χ4v) is 3.48. The molecule has 1 aliphatic heterocycles. The van der Waals surface area contributed by atoms with Crippen LogP contribution in [0.2, 0.25) is 0 Å². The molecule has 0 aromatic rings. The molecule has 0 radical (unpaired) electrons. The minimum Gasteiger partial charge on any atom is -0.329 e. The van der Waals surface area contributed by atoms with Crippen molar-refractivity contribution in [3.05, 3.63) is 0 Å². The van der Waals surface area contributed by atoms with Gasteiger partial charge in [-0.2, -0.15) is 21.0 Å². The topological polar surface area (TPSA) is 166 Å². The Morgan fingerprint density at radius 2 is 1.18 bits per heavy atom. The quantitative estimate of drug-likeness (QED) is 0.178. The van der Waals surface area contributed by atoms with Crippen LogP contribution in [0.15, 0.2) is 0 Å². The molecule has 1 rings (SSSR count). The number of nitrogens with two attached hydrogens (primary N) is 1. The van der Waals surface area contributed by atoms with E-state index in [4.69, 9.17) is 26.8 Å². The van der Waals surface area contributed by atoms with Crippen molar-refractivity contribution in [2.45, 2.75) is 0 Å². The van der Waals surface area contributed by atoms with Gasteiger partial charge in [-0.05, 0) is 0 Å². The highest BCUT2D eigenvalue weighted by Gasteiger charge is 2.28. The first-order valence-corrected chi connectivity index (χ1v) is 11.2. The smallest absolute Gasteiger partial charge is 0.320 e. The summed E-state index contributed by atoms with van der Waals surface area (Å²) in [5, 5.41) is 39.1. The van der Waals surface area contributed by atoms with Gasteiger partial charge in [0, 0.05) is 78.5 Å². The first-order chi connectivity index (χ1) is 16.1. The Kier molecular flexibility index (Phi) is 14.9. The minimum absolute atomic E-state index is 0.0238. The minimum atomic E-state index is 0.0238. The fourth-order valence-electron chi connectivity index (χ4n) is 3.48. The molecule has 12 nitrogen and oxygen atoms in total. The third-order valence-corrected chi connectivity index (χ3v) is 5.39. The summed E-state index contributed by atoms with van der Waals surface area (Å²) in [5.41, 5.74) is 5.47. The van der Waals surface area contributed by atoms with Gasteiger partial charge < -0.3 is 20.9 Å². The molecule has 1 saturated heterocycles. The van der Waals surface area contributed by atoms with E-state index in [0.717, 1.165) is 6.54 Å². The lowest BCUT2D eigenvalue weighted by molar-refractivity contribution is 0.169. The van der Waals surface area contributed by atoms with Crippen molar-refractivity contribution in [2.24, 2.45) is 5.73 Å². The molecule has 2 amide bonds. The van der Waals surface area contributed by atoms with Crippen LogP contribution in [0.4, 0.5) is 4.79 Å². The van der Waals surface area contributed by atoms with Gasteiger partial charge in [-0.3, -0.25) is 14.7 Å². The van der Waals surface area contributed by atoms with E-state index in [1.807, 2.05) is 9.80 Å². The molecule has 1 aliphatic rings. The summed E-state index contributed by atoms with van der Waals surface area (Å²) in [5.74, 6) is 0. The number of nitriles is 4. The van der Waals surface area contributed by atoms with E-state index in [9.17, 15) is 4.79 Å². The maximum Gasteiger partial charge on any atom is 0.320 e. The number of urea groups is 1. The van der Waals surface area contributed by atoms with Crippen molar-refractivity contribution in [2.75, 3.05) is 105 Å². The number of nitrogens with zero attached hydrogens (tertiary/aromatic N) is 9. The lowest BCUT2D eigenvalue weighted by Gasteiger charge is -2.29. The zero-order valence-electron chi connectivity index (χ0n) is 19.3. The van der Waals surface area contributed by atoms with Crippen LogP contribution in [0.25, 0.3) is 0 Å². The van der Waals surface area contributed by atoms with Crippen LogP contribution in [0.3, 0.4) is 0 Å². The van der Waals surface area contributed by atoms with Gasteiger partial charge in [-0.25, -0.2) is 4.79 Å². The van der Waals surface area contributed by atoms with Crippen LogP contribution in [0, 0.1) is 45.3 Å². The monoisotopic (exact) mass is 457 g/mol. The van der Waals surface area contributed by atoms with Gasteiger partial charge in [-0.1, -0.05) is 0 Å². The van der Waals surface area contributed by atoms with Gasteiger partial charge in [0.15, 0.2) is 0 Å². The molecule has 1 heterocycles. The number of carbonyl (C=O) groups excluding carboxylic acids is 1. The van der Waals surface area contributed by atoms with Gasteiger partial charge in [-0.15, -0.1) is 0 Å². The summed E-state index contributed by atoms with van der Waals surface area (Å²) in [6, 6.07) is 8.33. The molecule has 0 unspecified atom stereocenters. The number of hydrogen-bond donors (Lipinski definition) is 2. The third kappa shape index (κ3) is 11.5. The first kappa shape index (κ1) is 28.1. The molecule has 0 spiro atoms. The standard InChI is InChI=1S/C21H35N11O/c22-1-6-27-7-12-31-19-20-32(21(31)33)18-17-30(15-13-28(8-2-23)9-3-24)16-14-29(10-4-25)11-5-26/h27H,1,6-20,22H2. The van der Waals surface area contributed by atoms with Crippen molar-refractivity contribution in [3.8, 4) is 24.3 Å². The Labute approximate surface area is 196 Å². The van der Waals surface area contributed by atoms with E-state index < -0.39 is 0 Å². The molecule has 12 heteroatoms. The molecule has 0 aliphatic carbocycles. The molecule has 0 bridgehead atoms. The average molecular weight is 458 g/mol. The molecule has 0 saturated carbocycles. The Balaban J connectivity index is 2.62. The van der Waals surface area contributed by atoms with Gasteiger partial charge in [0.1, 0.15) is 0 Å². The largest absolute Gasteiger partial charge is 0.329 e. The SMILES string of the molecule is N#CCN(CC#N)CCN(CCN(CC#N)CC#N)CCN1CCN(CCNCCN)C1=O. The molecule has 180 valence electrons. The Morgan fingerprint density at radius 1 is 0.727 bits per heavy atom. The van der Waals surface area contributed by atoms with E-state index in [-0.39, 0.29) is 32.2 Å². The van der Waals surface area contributed by atoms with Gasteiger partial charge >= 0.3 is 6.03 Å². The number of hydrogen-bond acceptors (Lipinski definition) is 10. The molecular weight excluding hydrogens is 422 g/mol. The van der Waals surface area contributed by atoms with E-state index in [1.165, 1.54) is 0 Å². The summed E-state index contributed by atoms with van der Waals surface area (Å²) >= 11 is 0. The third-order valence-electron chi connectivity index (χ3n) is 5.39. The highest BCUT2D eigenvalue weighted by molar-refractivity contribution is 5.76. The van der Waals surface area contributed by atoms with E-state index in [1.54, 1.807) is 9.80 Å². The van der Waals surface area contributed by atoms with E-state index >= 15 is 0 Å². The molecule has 0 aromatic heterocycles. The number of rotatable bonds is 18. The van der Waals surface area contributed by atoms with Crippen molar-refractivity contribution < 1.29 is 4.79 Å². The average Bonchev–Trinajstić information content (AvgIpc) is 3.15. The Hall–Kier alpha value is -2.97. The van der Waals surface area contributed by atoms with Gasteiger partial charge in [0.2, 0.25) is 0 Å². The van der Waals surface area contributed by atoms with Crippen molar-refractivity contribution in [3.63, 3.8) is 0 Å². The highest BCUT2D eigenvalue weighted by atomic mass is 16.2. The lowest BCUT2D eigenvalue weighted by atomic mass is 10.3. The Bertz CT molecular complexity index is 660. The summed E-state index contributed by atoms with van der Waals surface area (Å²) < 4.78 is 0. The Morgan fingerprint density at radius 3 is 1.64 bits per heavy atom. The predicted octanol–water partition coefficient (Wildman–Crippen LogP) is -1.73. The van der Waals surface area contributed by atoms with Crippen LogP contribution < -0.4 is 11.1 Å². The zero-order chi connectivity index (χ0) is 24.3. The summed E-state index contributed by atoms with van der Waals surface area (Å²) in [4.78, 5) is 22.0. The fraction of sp³-hybridized carbons (Fsp3) is 0.762. The van der Waals surface area contributed by atoms with Crippen molar-refractivity contribution >= 4 is 6.03 Å². The summed E-state index contributed by atoms with van der Waals surface area (Å²) in [6.07, 6.45) is 0. The first-order valence-electron chi connectivity index (χ1n) is 11.2. The van der Waals surface area contributed by atoms with Crippen LogP contribution in [0.5, 0.6) is 0 Å². The van der Waals surface area contributed by atoms with Crippen LogP contribution in [-0.4, -0.2) is 135 Å². The van der Waals surface area contributed by atoms with Crippen molar-refractivity contribution in [1.29, 1.82) is 21.0 Å². The molecule has 0 atom stereocenters. The van der Waals surface area contributed by atoms with Crippen LogP contribution >= 0.6 is 0 Å². The molecule has 0 aromatic carbocycles. The lowest BCUT2D eigenvalue weighted by Crippen LogP contribution is -2.44. The summed E-state index contributed by atoms with van der Waals surface area (Å²) in [6.45, 7) is 8.24. The molecular formula is C21H35N11O. The van der Waals surface area contributed by atoms with Gasteiger partial charge in [0.25, 0.3) is 0 Å². The number of nitrogens with one attached hydrogen (secondary N) is 1. The maximum absolute atomic E-state index is 12.7. The number of amides is 2. The van der Waals surface area contributed by atoms with Crippen LogP contribution in [0.1, 0.15) is 0 Å².